The van der Waals surface area contributed by atoms with Gasteiger partial charge in [-0.25, -0.2) is 0 Å². The highest BCUT2D eigenvalue weighted by molar-refractivity contribution is 6.12. The molecule has 0 unspecified atom stereocenters. The summed E-state index contributed by atoms with van der Waals surface area (Å²) in [7, 11) is 0. The van der Waals surface area contributed by atoms with E-state index in [2.05, 4.69) is 199 Å². The van der Waals surface area contributed by atoms with Gasteiger partial charge in [0.15, 0.2) is 5.58 Å². The molecule has 10 rings (SSSR count). The van der Waals surface area contributed by atoms with Gasteiger partial charge < -0.3 is 9.32 Å². The zero-order valence-corrected chi connectivity index (χ0v) is 27.9. The molecule has 0 fully saturated rings. The van der Waals surface area contributed by atoms with E-state index in [0.29, 0.717) is 0 Å². The van der Waals surface area contributed by atoms with Crippen molar-refractivity contribution >= 4 is 39.0 Å². The number of furan rings is 1. The Bertz CT molecular complexity index is 2600. The summed E-state index contributed by atoms with van der Waals surface area (Å²) in [5, 5.41) is 2.20. The summed E-state index contributed by atoms with van der Waals surface area (Å²) >= 11 is 0. The predicted molar refractivity (Wildman–Crippen MR) is 211 cm³/mol. The highest BCUT2D eigenvalue weighted by Gasteiger charge is 2.46. The minimum atomic E-state index is -0.472. The molecule has 8 aromatic carbocycles. The second kappa shape index (κ2) is 11.8. The molecule has 0 amide bonds. The van der Waals surface area contributed by atoms with Crippen LogP contribution in [0.15, 0.2) is 205 Å². The van der Waals surface area contributed by atoms with Crippen molar-refractivity contribution in [2.45, 2.75) is 5.41 Å². The zero-order valence-electron chi connectivity index (χ0n) is 27.9. The molecule has 1 heterocycles. The molecule has 0 saturated heterocycles. The van der Waals surface area contributed by atoms with Crippen molar-refractivity contribution < 1.29 is 4.42 Å². The van der Waals surface area contributed by atoms with Crippen molar-refractivity contribution in [3.63, 3.8) is 0 Å². The quantitative estimate of drug-likeness (QED) is 0.178. The molecular formula is C49H33NO. The van der Waals surface area contributed by atoms with Crippen LogP contribution < -0.4 is 4.90 Å². The van der Waals surface area contributed by atoms with Gasteiger partial charge in [0.05, 0.1) is 11.1 Å². The topological polar surface area (TPSA) is 16.4 Å². The number of para-hydroxylation sites is 3. The fourth-order valence-corrected chi connectivity index (χ4v) is 8.35. The van der Waals surface area contributed by atoms with E-state index >= 15 is 0 Å². The summed E-state index contributed by atoms with van der Waals surface area (Å²) in [6.07, 6.45) is 0. The zero-order chi connectivity index (χ0) is 33.8. The summed E-state index contributed by atoms with van der Waals surface area (Å²) in [4.78, 5) is 2.32. The Kier molecular flexibility index (Phi) is 6.75. The third-order valence-electron chi connectivity index (χ3n) is 10.5. The van der Waals surface area contributed by atoms with Gasteiger partial charge in [-0.05, 0) is 93.0 Å². The van der Waals surface area contributed by atoms with Crippen LogP contribution in [0.25, 0.3) is 44.2 Å². The molecule has 2 heteroatoms. The molecule has 1 aromatic heterocycles. The maximum atomic E-state index is 6.72. The van der Waals surface area contributed by atoms with Crippen LogP contribution in [0.5, 0.6) is 0 Å². The van der Waals surface area contributed by atoms with Crippen molar-refractivity contribution in [3.05, 3.63) is 222 Å². The van der Waals surface area contributed by atoms with Gasteiger partial charge in [0.25, 0.3) is 0 Å². The first-order chi connectivity index (χ1) is 25.3. The molecule has 51 heavy (non-hydrogen) atoms. The average molecular weight is 652 g/mol. The first-order valence-electron chi connectivity index (χ1n) is 17.5. The Labute approximate surface area is 297 Å². The maximum absolute atomic E-state index is 6.72. The summed E-state index contributed by atoms with van der Waals surface area (Å²) in [5.41, 5.74) is 14.4. The molecule has 0 bridgehead atoms. The van der Waals surface area contributed by atoms with Crippen LogP contribution in [0.2, 0.25) is 0 Å². The Morgan fingerprint density at radius 2 is 0.941 bits per heavy atom. The molecule has 240 valence electrons. The van der Waals surface area contributed by atoms with E-state index in [-0.39, 0.29) is 0 Å². The molecule has 9 aromatic rings. The molecule has 0 radical (unpaired) electrons. The molecule has 0 atom stereocenters. The van der Waals surface area contributed by atoms with Gasteiger partial charge in [0.1, 0.15) is 5.58 Å². The lowest BCUT2D eigenvalue weighted by atomic mass is 9.67. The molecule has 0 N–H and O–H groups in total. The number of fused-ring (bicyclic) bond motifs is 6. The van der Waals surface area contributed by atoms with E-state index in [4.69, 9.17) is 4.42 Å². The fraction of sp³-hybridized carbons (Fsp3) is 0.0204. The minimum absolute atomic E-state index is 0.472. The number of rotatable bonds is 6. The van der Waals surface area contributed by atoms with E-state index in [1.807, 2.05) is 6.07 Å². The molecule has 0 saturated carbocycles. The van der Waals surface area contributed by atoms with Crippen molar-refractivity contribution in [2.75, 3.05) is 4.90 Å². The van der Waals surface area contributed by atoms with Gasteiger partial charge in [-0.2, -0.15) is 0 Å². The normalized spacial score (nSPS) is 12.9. The van der Waals surface area contributed by atoms with Crippen LogP contribution in [-0.4, -0.2) is 0 Å². The predicted octanol–water partition coefficient (Wildman–Crippen LogP) is 13.1. The van der Waals surface area contributed by atoms with Gasteiger partial charge in [-0.1, -0.05) is 152 Å². The second-order valence-electron chi connectivity index (χ2n) is 13.3. The fourth-order valence-electron chi connectivity index (χ4n) is 8.35. The number of nitrogens with zero attached hydrogens (tertiary/aromatic N) is 1. The molecule has 0 aliphatic heterocycles. The Morgan fingerprint density at radius 1 is 0.392 bits per heavy atom. The summed E-state index contributed by atoms with van der Waals surface area (Å²) in [5.74, 6) is 0. The lowest BCUT2D eigenvalue weighted by Gasteiger charge is -2.34. The van der Waals surface area contributed by atoms with Crippen LogP contribution in [0.4, 0.5) is 17.1 Å². The summed E-state index contributed by atoms with van der Waals surface area (Å²) in [6.45, 7) is 0. The smallest absolute Gasteiger partial charge is 0.159 e. The van der Waals surface area contributed by atoms with Crippen molar-refractivity contribution in [2.24, 2.45) is 0 Å². The van der Waals surface area contributed by atoms with Gasteiger partial charge in [0.2, 0.25) is 0 Å². The number of hydrogen-bond acceptors (Lipinski definition) is 2. The van der Waals surface area contributed by atoms with E-state index < -0.39 is 5.41 Å². The second-order valence-corrected chi connectivity index (χ2v) is 13.3. The Balaban J connectivity index is 1.27. The number of hydrogen-bond donors (Lipinski definition) is 0. The first-order valence-corrected chi connectivity index (χ1v) is 17.5. The third kappa shape index (κ3) is 4.50. The SMILES string of the molecule is c1ccc(N(c2ccccc2)c2cc(-c3ccc4c(c3)C(c3ccccc3)(c3ccccc3)c3ccccc3-4)cc3c2oc2ccccc23)cc1. The molecular weight excluding hydrogens is 619 g/mol. The summed E-state index contributed by atoms with van der Waals surface area (Å²) < 4.78 is 6.72. The van der Waals surface area contributed by atoms with Crippen LogP contribution in [-0.2, 0) is 5.41 Å². The van der Waals surface area contributed by atoms with Crippen LogP contribution in [0.3, 0.4) is 0 Å². The van der Waals surface area contributed by atoms with Crippen LogP contribution in [0.1, 0.15) is 22.3 Å². The average Bonchev–Trinajstić information content (AvgIpc) is 3.73. The molecule has 0 spiro atoms. The monoisotopic (exact) mass is 651 g/mol. The van der Waals surface area contributed by atoms with E-state index in [1.165, 1.54) is 33.4 Å². The van der Waals surface area contributed by atoms with Gasteiger partial charge in [-0.3, -0.25) is 0 Å². The molecule has 2 nitrogen and oxygen atoms in total. The minimum Gasteiger partial charge on any atom is -0.454 e. The lowest BCUT2D eigenvalue weighted by molar-refractivity contribution is 0.669. The van der Waals surface area contributed by atoms with Gasteiger partial charge in [0, 0.05) is 22.1 Å². The standard InChI is InChI=1S/C49H33NO/c1-5-17-36(18-6-1)49(37-19-7-2-8-20-37)44-27-15-13-25-40(44)41-30-29-34(32-45(41)49)35-31-43-42-26-14-16-28-47(42)51-48(43)46(33-35)50(38-21-9-3-10-22-38)39-23-11-4-12-24-39/h1-33H. The van der Waals surface area contributed by atoms with E-state index in [0.717, 1.165) is 50.1 Å². The highest BCUT2D eigenvalue weighted by Crippen LogP contribution is 2.57. The van der Waals surface area contributed by atoms with Crippen molar-refractivity contribution in [1.29, 1.82) is 0 Å². The van der Waals surface area contributed by atoms with Crippen LogP contribution >= 0.6 is 0 Å². The third-order valence-corrected chi connectivity index (χ3v) is 10.5. The highest BCUT2D eigenvalue weighted by atomic mass is 16.3. The van der Waals surface area contributed by atoms with Crippen LogP contribution in [0, 0.1) is 0 Å². The van der Waals surface area contributed by atoms with Gasteiger partial charge in [-0.15, -0.1) is 0 Å². The maximum Gasteiger partial charge on any atom is 0.159 e. The van der Waals surface area contributed by atoms with Crippen molar-refractivity contribution in [3.8, 4) is 22.3 Å². The number of benzene rings is 8. The largest absolute Gasteiger partial charge is 0.454 e. The first kappa shape index (κ1) is 29.3. The van der Waals surface area contributed by atoms with E-state index in [1.54, 1.807) is 0 Å². The number of anilines is 3. The Morgan fingerprint density at radius 3 is 1.61 bits per heavy atom. The molecule has 1 aliphatic carbocycles. The van der Waals surface area contributed by atoms with E-state index in [9.17, 15) is 0 Å². The molecule has 1 aliphatic rings. The van der Waals surface area contributed by atoms with Crippen molar-refractivity contribution in [1.82, 2.24) is 0 Å². The summed E-state index contributed by atoms with van der Waals surface area (Å²) in [6, 6.07) is 72.1. The lowest BCUT2D eigenvalue weighted by Crippen LogP contribution is -2.28. The van der Waals surface area contributed by atoms with Gasteiger partial charge >= 0.3 is 0 Å². The Hall–Kier alpha value is -6.64.